The van der Waals surface area contributed by atoms with Crippen molar-refractivity contribution in [2.45, 2.75) is 25.4 Å². The molecule has 0 fully saturated rings. The second-order valence-corrected chi connectivity index (χ2v) is 7.20. The third-order valence-electron chi connectivity index (χ3n) is 3.73. The van der Waals surface area contributed by atoms with E-state index in [1.54, 1.807) is 28.6 Å². The molecule has 2 N–H and O–H groups in total. The van der Waals surface area contributed by atoms with Crippen molar-refractivity contribution < 1.29 is 14.0 Å². The van der Waals surface area contributed by atoms with Gasteiger partial charge in [0.15, 0.2) is 0 Å². The first-order valence-electron chi connectivity index (χ1n) is 7.99. The lowest BCUT2D eigenvalue weighted by atomic mass is 10.2. The van der Waals surface area contributed by atoms with E-state index < -0.39 is 11.8 Å². The Morgan fingerprint density at radius 2 is 1.96 bits per heavy atom. The minimum atomic E-state index is -0.733. The maximum absolute atomic E-state index is 13.2. The average Bonchev–Trinajstić information content (AvgIpc) is 3.16. The minimum absolute atomic E-state index is 0.252. The molecule has 0 radical (unpaired) electrons. The van der Waals surface area contributed by atoms with Gasteiger partial charge >= 0.3 is 11.8 Å². The number of hydrogen-bond acceptors (Lipinski definition) is 4. The highest BCUT2D eigenvalue weighted by molar-refractivity contribution is 7.98. The summed E-state index contributed by atoms with van der Waals surface area (Å²) in [5.74, 6) is 0.408. The number of halogens is 1. The Kier molecular flexibility index (Phi) is 5.08. The predicted octanol–water partition coefficient (Wildman–Crippen LogP) is 2.47. The fourth-order valence-electron chi connectivity index (χ4n) is 2.45. The van der Waals surface area contributed by atoms with Crippen LogP contribution < -0.4 is 10.6 Å². The van der Waals surface area contributed by atoms with Crippen LogP contribution in [-0.4, -0.2) is 28.1 Å². The zero-order valence-corrected chi connectivity index (χ0v) is 14.8. The normalized spacial score (nSPS) is 13.0. The van der Waals surface area contributed by atoms with Crippen LogP contribution in [0.3, 0.4) is 0 Å². The topological polar surface area (TPSA) is 76.0 Å². The van der Waals surface area contributed by atoms with Crippen molar-refractivity contribution in [1.82, 2.24) is 15.1 Å². The van der Waals surface area contributed by atoms with Gasteiger partial charge in [0.05, 0.1) is 11.4 Å². The lowest BCUT2D eigenvalue weighted by Crippen LogP contribution is -2.37. The van der Waals surface area contributed by atoms with Crippen molar-refractivity contribution in [2.24, 2.45) is 5.92 Å². The van der Waals surface area contributed by atoms with E-state index >= 15 is 0 Å². The van der Waals surface area contributed by atoms with Gasteiger partial charge in [-0.15, -0.1) is 0 Å². The van der Waals surface area contributed by atoms with Crippen LogP contribution in [0.5, 0.6) is 0 Å². The van der Waals surface area contributed by atoms with Crippen molar-refractivity contribution >= 4 is 29.4 Å². The fourth-order valence-corrected chi connectivity index (χ4v) is 3.49. The Balaban J connectivity index is 1.86. The largest absolute Gasteiger partial charge is 0.348 e. The molecule has 6 nitrogen and oxygen atoms in total. The van der Waals surface area contributed by atoms with E-state index in [4.69, 9.17) is 0 Å². The van der Waals surface area contributed by atoms with Crippen molar-refractivity contribution in [1.29, 1.82) is 0 Å². The first kappa shape index (κ1) is 17.5. The lowest BCUT2D eigenvalue weighted by molar-refractivity contribution is -0.136. The minimum Gasteiger partial charge on any atom is -0.348 e. The van der Waals surface area contributed by atoms with Crippen molar-refractivity contribution in [3.8, 4) is 5.69 Å². The number of hydrogen-bond donors (Lipinski definition) is 2. The molecule has 0 aliphatic carbocycles. The second-order valence-electron chi connectivity index (χ2n) is 6.21. The van der Waals surface area contributed by atoms with Crippen LogP contribution in [0.15, 0.2) is 24.3 Å². The molecule has 0 unspecified atom stereocenters. The average molecular weight is 362 g/mol. The van der Waals surface area contributed by atoms with Gasteiger partial charge in [-0.25, -0.2) is 9.07 Å². The van der Waals surface area contributed by atoms with Gasteiger partial charge in [-0.05, 0) is 30.2 Å². The van der Waals surface area contributed by atoms with Gasteiger partial charge in [0.1, 0.15) is 11.6 Å². The summed E-state index contributed by atoms with van der Waals surface area (Å²) in [6.45, 7) is 4.33. The van der Waals surface area contributed by atoms with E-state index in [1.807, 2.05) is 13.8 Å². The fraction of sp³-hybridized carbons (Fsp3) is 0.353. The summed E-state index contributed by atoms with van der Waals surface area (Å²) in [7, 11) is 0. The third-order valence-corrected chi connectivity index (χ3v) is 4.70. The van der Waals surface area contributed by atoms with Crippen LogP contribution >= 0.6 is 11.8 Å². The molecule has 8 heteroatoms. The highest BCUT2D eigenvalue weighted by Gasteiger charge is 2.26. The number of carbonyl (C=O) groups is 2. The van der Waals surface area contributed by atoms with Gasteiger partial charge in [-0.2, -0.15) is 16.9 Å². The third kappa shape index (κ3) is 3.84. The molecule has 132 valence electrons. The Bertz CT molecular complexity index is 802. The summed E-state index contributed by atoms with van der Waals surface area (Å²) in [6.07, 6.45) is 0. The molecule has 1 aromatic heterocycles. The quantitative estimate of drug-likeness (QED) is 0.820. The highest BCUT2D eigenvalue weighted by atomic mass is 32.2. The van der Waals surface area contributed by atoms with E-state index in [9.17, 15) is 14.0 Å². The van der Waals surface area contributed by atoms with E-state index in [0.717, 1.165) is 17.0 Å². The number of rotatable bonds is 4. The van der Waals surface area contributed by atoms with Crippen LogP contribution in [0.2, 0.25) is 0 Å². The summed E-state index contributed by atoms with van der Waals surface area (Å²) in [6, 6.07) is 5.83. The number of carbonyl (C=O) groups excluding carboxylic acids is 2. The van der Waals surface area contributed by atoms with Crippen LogP contribution in [0.4, 0.5) is 10.2 Å². The number of benzene rings is 1. The van der Waals surface area contributed by atoms with Crippen molar-refractivity contribution in [3.05, 3.63) is 41.3 Å². The molecule has 3 rings (SSSR count). The van der Waals surface area contributed by atoms with E-state index in [-0.39, 0.29) is 11.7 Å². The molecule has 2 aromatic rings. The molecule has 0 spiro atoms. The van der Waals surface area contributed by atoms with Gasteiger partial charge in [0.2, 0.25) is 0 Å². The number of nitrogens with zero attached hydrogens (tertiary/aromatic N) is 2. The number of nitrogens with one attached hydrogen (secondary N) is 2. The molecule has 0 bridgehead atoms. The first-order valence-corrected chi connectivity index (χ1v) is 9.15. The van der Waals surface area contributed by atoms with Crippen LogP contribution in [0.1, 0.15) is 25.1 Å². The van der Waals surface area contributed by atoms with Gasteiger partial charge in [-0.3, -0.25) is 9.59 Å². The number of fused-ring (bicyclic) bond motifs is 1. The zero-order chi connectivity index (χ0) is 18.0. The van der Waals surface area contributed by atoms with E-state index in [1.165, 1.54) is 12.1 Å². The Labute approximate surface area is 149 Å². The van der Waals surface area contributed by atoms with Gasteiger partial charge in [-0.1, -0.05) is 13.8 Å². The smallest absolute Gasteiger partial charge is 0.314 e. The lowest BCUT2D eigenvalue weighted by Gasteiger charge is -2.11. The number of amides is 2. The summed E-state index contributed by atoms with van der Waals surface area (Å²) in [5, 5.41) is 9.77. The van der Waals surface area contributed by atoms with E-state index in [2.05, 4.69) is 15.7 Å². The first-order chi connectivity index (χ1) is 12.0. The monoisotopic (exact) mass is 362 g/mol. The highest BCUT2D eigenvalue weighted by Crippen LogP contribution is 2.36. The Morgan fingerprint density at radius 3 is 2.64 bits per heavy atom. The predicted molar refractivity (Wildman–Crippen MR) is 95.0 cm³/mol. The SMILES string of the molecule is CC(C)CNC(=O)C(=O)Nc1c2c(nn1-c1ccc(F)cc1)CSC2. The van der Waals surface area contributed by atoms with Gasteiger partial charge in [0.25, 0.3) is 0 Å². The molecule has 1 aliphatic rings. The van der Waals surface area contributed by atoms with Crippen LogP contribution in [-0.2, 0) is 21.1 Å². The Hall–Kier alpha value is -2.35. The number of thioether (sulfide) groups is 1. The maximum atomic E-state index is 13.2. The van der Waals surface area contributed by atoms with Gasteiger partial charge < -0.3 is 10.6 Å². The summed E-state index contributed by atoms with van der Waals surface area (Å²) >= 11 is 1.69. The van der Waals surface area contributed by atoms with Gasteiger partial charge in [0, 0.05) is 23.6 Å². The van der Waals surface area contributed by atoms with Crippen molar-refractivity contribution in [3.63, 3.8) is 0 Å². The van der Waals surface area contributed by atoms with Crippen LogP contribution in [0, 0.1) is 11.7 Å². The molecule has 25 heavy (non-hydrogen) atoms. The molecular formula is C17H19FN4O2S. The van der Waals surface area contributed by atoms with Crippen LogP contribution in [0.25, 0.3) is 5.69 Å². The number of anilines is 1. The molecule has 2 heterocycles. The molecule has 0 atom stereocenters. The standard InChI is InChI=1S/C17H19FN4O2S/c1-10(2)7-19-16(23)17(24)20-15-13-8-25-9-14(13)21-22(15)12-5-3-11(18)4-6-12/h3-6,10H,7-9H2,1-2H3,(H,19,23)(H,20,24). The zero-order valence-electron chi connectivity index (χ0n) is 14.0. The summed E-state index contributed by atoms with van der Waals surface area (Å²) in [5.41, 5.74) is 2.39. The maximum Gasteiger partial charge on any atom is 0.314 e. The summed E-state index contributed by atoms with van der Waals surface area (Å²) in [4.78, 5) is 24.2. The second kappa shape index (κ2) is 7.26. The summed E-state index contributed by atoms with van der Waals surface area (Å²) < 4.78 is 14.7. The van der Waals surface area contributed by atoms with E-state index in [0.29, 0.717) is 23.8 Å². The molecule has 0 saturated carbocycles. The molecule has 1 aromatic carbocycles. The molecule has 0 saturated heterocycles. The molecule has 2 amide bonds. The van der Waals surface area contributed by atoms with Crippen molar-refractivity contribution in [2.75, 3.05) is 11.9 Å². The Morgan fingerprint density at radius 1 is 1.24 bits per heavy atom. The molecular weight excluding hydrogens is 343 g/mol. The molecule has 1 aliphatic heterocycles. The number of aromatic nitrogens is 2.